The minimum Gasteiger partial charge on any atom is -0.449 e. The average molecular weight is 315 g/mol. The number of fused-ring (bicyclic) bond motifs is 1. The van der Waals surface area contributed by atoms with Crippen LogP contribution in [0.3, 0.4) is 0 Å². The first kappa shape index (κ1) is 14.2. The lowest BCUT2D eigenvalue weighted by molar-refractivity contribution is 0.142. The molecule has 0 saturated carbocycles. The van der Waals surface area contributed by atoms with E-state index in [0.717, 1.165) is 16.3 Å². The number of aromatic nitrogens is 1. The molecule has 0 spiro atoms. The number of hydrogen-bond donors (Lipinski definition) is 2. The Labute approximate surface area is 130 Å². The summed E-state index contributed by atoms with van der Waals surface area (Å²) in [5.41, 5.74) is 7.29. The molecule has 110 valence electrons. The largest absolute Gasteiger partial charge is 0.512 e. The number of carboxylic acid groups (broad SMARTS) is 1. The fourth-order valence-corrected chi connectivity index (χ4v) is 2.31. The zero-order valence-electron chi connectivity index (χ0n) is 11.3. The highest BCUT2D eigenvalue weighted by atomic mass is 35.5. The minimum atomic E-state index is -1.50. The number of benzene rings is 2. The van der Waals surface area contributed by atoms with E-state index >= 15 is 0 Å². The van der Waals surface area contributed by atoms with Gasteiger partial charge in [-0.3, -0.25) is 0 Å². The van der Waals surface area contributed by atoms with E-state index in [1.54, 1.807) is 6.07 Å². The van der Waals surface area contributed by atoms with Crippen LogP contribution >= 0.6 is 11.6 Å². The highest BCUT2D eigenvalue weighted by Crippen LogP contribution is 2.33. The first-order valence-corrected chi connectivity index (χ1v) is 6.78. The van der Waals surface area contributed by atoms with Gasteiger partial charge in [0.1, 0.15) is 5.02 Å². The van der Waals surface area contributed by atoms with E-state index in [1.807, 2.05) is 42.5 Å². The SMILES string of the molecule is Nc1cc(-c2ccc3ccccc3c2)nc(OC(=O)O)c1Cl. The number of pyridine rings is 1. The van der Waals surface area contributed by atoms with Crippen LogP contribution < -0.4 is 10.5 Å². The Hall–Kier alpha value is -2.79. The van der Waals surface area contributed by atoms with Crippen LogP contribution in [-0.4, -0.2) is 16.2 Å². The Kier molecular flexibility index (Phi) is 3.56. The van der Waals surface area contributed by atoms with E-state index < -0.39 is 6.16 Å². The van der Waals surface area contributed by atoms with Crippen LogP contribution in [0.5, 0.6) is 5.88 Å². The van der Waals surface area contributed by atoms with Gasteiger partial charge in [0.15, 0.2) is 0 Å². The second-order valence-electron chi connectivity index (χ2n) is 4.65. The number of nitrogen functional groups attached to an aromatic ring is 1. The van der Waals surface area contributed by atoms with Gasteiger partial charge in [0.05, 0.1) is 11.4 Å². The van der Waals surface area contributed by atoms with Crippen molar-refractivity contribution >= 4 is 34.2 Å². The van der Waals surface area contributed by atoms with Crippen molar-refractivity contribution < 1.29 is 14.6 Å². The van der Waals surface area contributed by atoms with E-state index in [4.69, 9.17) is 22.4 Å². The van der Waals surface area contributed by atoms with Gasteiger partial charge in [0.25, 0.3) is 0 Å². The first-order valence-electron chi connectivity index (χ1n) is 6.40. The van der Waals surface area contributed by atoms with Crippen LogP contribution in [0, 0.1) is 0 Å². The predicted octanol–water partition coefficient (Wildman–Crippen LogP) is 4.19. The van der Waals surface area contributed by atoms with E-state index in [9.17, 15) is 4.79 Å². The van der Waals surface area contributed by atoms with Crippen LogP contribution in [0.15, 0.2) is 48.5 Å². The normalized spacial score (nSPS) is 10.6. The van der Waals surface area contributed by atoms with Crippen LogP contribution in [0.2, 0.25) is 5.02 Å². The molecule has 0 atom stereocenters. The van der Waals surface area contributed by atoms with Crippen molar-refractivity contribution in [2.45, 2.75) is 0 Å². The molecule has 6 heteroatoms. The van der Waals surface area contributed by atoms with E-state index in [1.165, 1.54) is 0 Å². The molecule has 0 aliphatic rings. The zero-order chi connectivity index (χ0) is 15.7. The molecule has 5 nitrogen and oxygen atoms in total. The molecule has 0 bridgehead atoms. The lowest BCUT2D eigenvalue weighted by atomic mass is 10.0. The maximum atomic E-state index is 10.7. The number of hydrogen-bond acceptors (Lipinski definition) is 4. The second kappa shape index (κ2) is 5.54. The van der Waals surface area contributed by atoms with E-state index in [-0.39, 0.29) is 16.6 Å². The fraction of sp³-hybridized carbons (Fsp3) is 0. The quantitative estimate of drug-likeness (QED) is 0.692. The number of halogens is 1. The van der Waals surface area contributed by atoms with Crippen LogP contribution in [0.1, 0.15) is 0 Å². The number of nitrogens with zero attached hydrogens (tertiary/aromatic N) is 1. The molecule has 2 aromatic carbocycles. The van der Waals surface area contributed by atoms with Gasteiger partial charge in [-0.1, -0.05) is 48.0 Å². The fourth-order valence-electron chi connectivity index (χ4n) is 2.17. The third-order valence-corrected chi connectivity index (χ3v) is 3.56. The molecule has 3 aromatic rings. The van der Waals surface area contributed by atoms with Crippen LogP contribution in [0.4, 0.5) is 10.5 Å². The van der Waals surface area contributed by atoms with Gasteiger partial charge in [-0.15, -0.1) is 0 Å². The molecule has 0 saturated heterocycles. The van der Waals surface area contributed by atoms with Gasteiger partial charge >= 0.3 is 6.16 Å². The molecular weight excluding hydrogens is 304 g/mol. The van der Waals surface area contributed by atoms with Gasteiger partial charge in [-0.25, -0.2) is 9.78 Å². The lowest BCUT2D eigenvalue weighted by Gasteiger charge is -2.09. The third kappa shape index (κ3) is 2.66. The third-order valence-electron chi connectivity index (χ3n) is 3.18. The summed E-state index contributed by atoms with van der Waals surface area (Å²) in [5, 5.41) is 10.8. The summed E-state index contributed by atoms with van der Waals surface area (Å²) >= 11 is 5.92. The average Bonchev–Trinajstić information content (AvgIpc) is 2.50. The van der Waals surface area contributed by atoms with Gasteiger partial charge in [0.2, 0.25) is 5.88 Å². The maximum Gasteiger partial charge on any atom is 0.512 e. The molecule has 3 rings (SSSR count). The molecule has 0 aliphatic heterocycles. The van der Waals surface area contributed by atoms with Crippen LogP contribution in [-0.2, 0) is 0 Å². The predicted molar refractivity (Wildman–Crippen MR) is 85.3 cm³/mol. The topological polar surface area (TPSA) is 85.4 Å². The summed E-state index contributed by atoms with van der Waals surface area (Å²) < 4.78 is 4.57. The van der Waals surface area contributed by atoms with Crippen molar-refractivity contribution in [2.24, 2.45) is 0 Å². The van der Waals surface area contributed by atoms with Gasteiger partial charge < -0.3 is 15.6 Å². The van der Waals surface area contributed by atoms with E-state index in [2.05, 4.69) is 9.72 Å². The minimum absolute atomic E-state index is 0.0214. The standard InChI is InChI=1S/C16H11ClN2O3/c17-14-12(18)8-13(19-15(14)22-16(20)21)11-6-5-9-3-1-2-4-10(9)7-11/h1-8H,(H2,18,19)(H,20,21). The van der Waals surface area contributed by atoms with Crippen molar-refractivity contribution in [3.05, 3.63) is 53.6 Å². The Morgan fingerprint density at radius 2 is 1.86 bits per heavy atom. The number of ether oxygens (including phenoxy) is 1. The number of nitrogens with two attached hydrogens (primary N) is 1. The van der Waals surface area contributed by atoms with Crippen molar-refractivity contribution in [1.82, 2.24) is 4.98 Å². The molecule has 3 N–H and O–H groups in total. The molecule has 22 heavy (non-hydrogen) atoms. The Bertz CT molecular complexity index is 880. The van der Waals surface area contributed by atoms with E-state index in [0.29, 0.717) is 5.69 Å². The Morgan fingerprint density at radius 3 is 2.59 bits per heavy atom. The highest BCUT2D eigenvalue weighted by Gasteiger charge is 2.14. The van der Waals surface area contributed by atoms with Gasteiger partial charge in [-0.2, -0.15) is 0 Å². The highest BCUT2D eigenvalue weighted by molar-refractivity contribution is 6.34. The van der Waals surface area contributed by atoms with Crippen molar-refractivity contribution in [3.8, 4) is 17.1 Å². The summed E-state index contributed by atoms with van der Waals surface area (Å²) in [4.78, 5) is 14.8. The van der Waals surface area contributed by atoms with Crippen LogP contribution in [0.25, 0.3) is 22.0 Å². The zero-order valence-corrected chi connectivity index (χ0v) is 12.0. The Morgan fingerprint density at radius 1 is 1.14 bits per heavy atom. The molecule has 0 amide bonds. The monoisotopic (exact) mass is 314 g/mol. The van der Waals surface area contributed by atoms with Crippen molar-refractivity contribution in [3.63, 3.8) is 0 Å². The summed E-state index contributed by atoms with van der Waals surface area (Å²) in [7, 11) is 0. The molecule has 0 unspecified atom stereocenters. The number of carbonyl (C=O) groups is 1. The van der Waals surface area contributed by atoms with Crippen molar-refractivity contribution in [1.29, 1.82) is 0 Å². The summed E-state index contributed by atoms with van der Waals surface area (Å²) in [6.45, 7) is 0. The smallest absolute Gasteiger partial charge is 0.449 e. The maximum absolute atomic E-state index is 10.7. The molecule has 0 aliphatic carbocycles. The molecular formula is C16H11ClN2O3. The van der Waals surface area contributed by atoms with Gasteiger partial charge in [-0.05, 0) is 22.9 Å². The summed E-state index contributed by atoms with van der Waals surface area (Å²) in [5.74, 6) is -0.225. The summed E-state index contributed by atoms with van der Waals surface area (Å²) in [6.07, 6.45) is -1.50. The second-order valence-corrected chi connectivity index (χ2v) is 5.02. The Balaban J connectivity index is 2.13. The van der Waals surface area contributed by atoms with Crippen molar-refractivity contribution in [2.75, 3.05) is 5.73 Å². The molecule has 1 aromatic heterocycles. The lowest BCUT2D eigenvalue weighted by Crippen LogP contribution is -2.06. The molecule has 0 radical (unpaired) electrons. The first-order chi connectivity index (χ1) is 10.5. The summed E-state index contributed by atoms with van der Waals surface area (Å²) in [6, 6.07) is 15.2. The van der Waals surface area contributed by atoms with Gasteiger partial charge in [0, 0.05) is 5.56 Å². The number of rotatable bonds is 2. The molecule has 1 heterocycles. The molecule has 0 fully saturated rings. The number of anilines is 1.